The van der Waals surface area contributed by atoms with Crippen molar-refractivity contribution in [1.82, 2.24) is 5.32 Å². The Labute approximate surface area is 114 Å². The molecule has 0 bridgehead atoms. The molecule has 0 atom stereocenters. The normalized spacial score (nSPS) is 19.2. The van der Waals surface area contributed by atoms with Crippen LogP contribution in [-0.2, 0) is 0 Å². The summed E-state index contributed by atoms with van der Waals surface area (Å²) in [4.78, 5) is 0. The Hall–Kier alpha value is -0.730. The van der Waals surface area contributed by atoms with E-state index in [1.54, 1.807) is 0 Å². The van der Waals surface area contributed by atoms with Gasteiger partial charge in [0.05, 0.1) is 0 Å². The summed E-state index contributed by atoms with van der Waals surface area (Å²) in [5.74, 6) is 2.80. The molecule has 0 aliphatic heterocycles. The highest BCUT2D eigenvalue weighted by Gasteiger charge is 2.40. The van der Waals surface area contributed by atoms with Gasteiger partial charge >= 0.3 is 0 Å². The monoisotopic (exact) mass is 265 g/mol. The molecule has 0 heterocycles. The fourth-order valence-corrected chi connectivity index (χ4v) is 2.68. The predicted octanol–water partition coefficient (Wildman–Crippen LogP) is 3.50. The molecule has 3 heteroatoms. The van der Waals surface area contributed by atoms with Crippen LogP contribution >= 0.6 is 11.6 Å². The zero-order chi connectivity index (χ0) is 12.4. The zero-order valence-corrected chi connectivity index (χ0v) is 11.3. The molecule has 1 aromatic rings. The van der Waals surface area contributed by atoms with E-state index in [2.05, 4.69) is 5.32 Å². The van der Waals surface area contributed by atoms with Crippen molar-refractivity contribution >= 4 is 11.6 Å². The molecule has 3 rings (SSSR count). The lowest BCUT2D eigenvalue weighted by Gasteiger charge is -2.17. The number of rotatable bonds is 7. The average Bonchev–Trinajstić information content (AvgIpc) is 3.25. The quantitative estimate of drug-likeness (QED) is 0.762. The summed E-state index contributed by atoms with van der Waals surface area (Å²) in [6.45, 7) is 1.68. The Kier molecular flexibility index (Phi) is 3.76. The molecule has 0 saturated heterocycles. The van der Waals surface area contributed by atoms with Gasteiger partial charge in [0, 0.05) is 17.6 Å². The fraction of sp³-hybridized carbons (Fsp3) is 0.600. The van der Waals surface area contributed by atoms with Gasteiger partial charge in [0.25, 0.3) is 0 Å². The van der Waals surface area contributed by atoms with Crippen molar-refractivity contribution in [1.29, 1.82) is 0 Å². The van der Waals surface area contributed by atoms with Crippen LogP contribution in [0.4, 0.5) is 0 Å². The second-order valence-electron chi connectivity index (χ2n) is 5.46. The number of ether oxygens (including phenoxy) is 1. The molecule has 98 valence electrons. The maximum atomic E-state index is 5.83. The fourth-order valence-electron chi connectivity index (χ4n) is 2.55. The molecule has 0 spiro atoms. The van der Waals surface area contributed by atoms with Gasteiger partial charge in [-0.15, -0.1) is 0 Å². The first kappa shape index (κ1) is 12.3. The highest BCUT2D eigenvalue weighted by Crippen LogP contribution is 2.44. The topological polar surface area (TPSA) is 21.3 Å². The Morgan fingerprint density at radius 1 is 1.11 bits per heavy atom. The average molecular weight is 266 g/mol. The third kappa shape index (κ3) is 3.39. The Bertz CT molecular complexity index is 372. The molecule has 1 N–H and O–H groups in total. The van der Waals surface area contributed by atoms with Gasteiger partial charge in [-0.25, -0.2) is 0 Å². The summed E-state index contributed by atoms with van der Waals surface area (Å²) < 4.78 is 5.69. The van der Waals surface area contributed by atoms with Gasteiger partial charge in [0.1, 0.15) is 12.4 Å². The number of nitrogens with one attached hydrogen (secondary N) is 1. The Morgan fingerprint density at radius 2 is 1.72 bits per heavy atom. The first-order valence-electron chi connectivity index (χ1n) is 6.95. The third-order valence-electron chi connectivity index (χ3n) is 3.82. The van der Waals surface area contributed by atoms with Crippen molar-refractivity contribution in [3.8, 4) is 5.75 Å². The van der Waals surface area contributed by atoms with Gasteiger partial charge in [-0.1, -0.05) is 11.6 Å². The first-order chi connectivity index (χ1) is 8.83. The summed E-state index contributed by atoms with van der Waals surface area (Å²) in [5.41, 5.74) is 0. The van der Waals surface area contributed by atoms with E-state index in [4.69, 9.17) is 16.3 Å². The summed E-state index contributed by atoms with van der Waals surface area (Å²) in [5, 5.41) is 4.43. The van der Waals surface area contributed by atoms with Crippen LogP contribution < -0.4 is 10.1 Å². The molecule has 2 aliphatic carbocycles. The minimum absolute atomic E-state index is 0.734. The second kappa shape index (κ2) is 5.50. The van der Waals surface area contributed by atoms with Gasteiger partial charge in [-0.2, -0.15) is 0 Å². The molecular weight excluding hydrogens is 246 g/mol. The van der Waals surface area contributed by atoms with Crippen LogP contribution in [0.25, 0.3) is 0 Å². The molecular formula is C15H20ClNO. The highest BCUT2D eigenvalue weighted by molar-refractivity contribution is 6.30. The lowest BCUT2D eigenvalue weighted by atomic mass is 10.1. The summed E-state index contributed by atoms with van der Waals surface area (Å²) >= 11 is 5.83. The molecule has 18 heavy (non-hydrogen) atoms. The SMILES string of the molecule is Clc1ccc(OCCNC(C2CC2)C2CC2)cc1. The highest BCUT2D eigenvalue weighted by atomic mass is 35.5. The summed E-state index contributed by atoms with van der Waals surface area (Å²) in [6, 6.07) is 8.32. The summed E-state index contributed by atoms with van der Waals surface area (Å²) in [7, 11) is 0. The predicted molar refractivity (Wildman–Crippen MR) is 74.2 cm³/mol. The van der Waals surface area contributed by atoms with Crippen molar-refractivity contribution in [2.75, 3.05) is 13.2 Å². The van der Waals surface area contributed by atoms with E-state index in [-0.39, 0.29) is 0 Å². The van der Waals surface area contributed by atoms with E-state index in [1.165, 1.54) is 25.7 Å². The number of halogens is 1. The van der Waals surface area contributed by atoms with E-state index >= 15 is 0 Å². The van der Waals surface area contributed by atoms with E-state index in [9.17, 15) is 0 Å². The van der Waals surface area contributed by atoms with Crippen LogP contribution in [0.2, 0.25) is 5.02 Å². The molecule has 1 aromatic carbocycles. The maximum absolute atomic E-state index is 5.83. The van der Waals surface area contributed by atoms with E-state index < -0.39 is 0 Å². The minimum atomic E-state index is 0.734. The van der Waals surface area contributed by atoms with Crippen molar-refractivity contribution < 1.29 is 4.74 Å². The lowest BCUT2D eigenvalue weighted by molar-refractivity contribution is 0.293. The standard InChI is InChI=1S/C15H20ClNO/c16-13-5-7-14(8-6-13)18-10-9-17-15(11-1-2-11)12-3-4-12/h5-8,11-12,15,17H,1-4,9-10H2. The van der Waals surface area contributed by atoms with Crippen LogP contribution in [0.3, 0.4) is 0 Å². The van der Waals surface area contributed by atoms with Gasteiger partial charge < -0.3 is 10.1 Å². The van der Waals surface area contributed by atoms with Gasteiger partial charge in [0.2, 0.25) is 0 Å². The van der Waals surface area contributed by atoms with Crippen LogP contribution in [-0.4, -0.2) is 19.2 Å². The molecule has 0 aromatic heterocycles. The van der Waals surface area contributed by atoms with Gasteiger partial charge in [-0.3, -0.25) is 0 Å². The van der Waals surface area contributed by atoms with Crippen LogP contribution in [0.1, 0.15) is 25.7 Å². The molecule has 2 saturated carbocycles. The van der Waals surface area contributed by atoms with Crippen LogP contribution in [0, 0.1) is 11.8 Å². The van der Waals surface area contributed by atoms with E-state index in [0.717, 1.165) is 41.8 Å². The summed E-state index contributed by atoms with van der Waals surface area (Å²) in [6.07, 6.45) is 5.69. The second-order valence-corrected chi connectivity index (χ2v) is 5.89. The molecule has 0 amide bonds. The zero-order valence-electron chi connectivity index (χ0n) is 10.6. The molecule has 0 radical (unpaired) electrons. The lowest BCUT2D eigenvalue weighted by Crippen LogP contribution is -2.36. The Balaban J connectivity index is 1.37. The minimum Gasteiger partial charge on any atom is -0.492 e. The van der Waals surface area contributed by atoms with E-state index in [1.807, 2.05) is 24.3 Å². The van der Waals surface area contributed by atoms with Crippen molar-refractivity contribution in [2.24, 2.45) is 11.8 Å². The Morgan fingerprint density at radius 3 is 2.28 bits per heavy atom. The van der Waals surface area contributed by atoms with Crippen LogP contribution in [0.5, 0.6) is 5.75 Å². The number of hydrogen-bond acceptors (Lipinski definition) is 2. The molecule has 2 fully saturated rings. The third-order valence-corrected chi connectivity index (χ3v) is 4.08. The number of benzene rings is 1. The van der Waals surface area contributed by atoms with E-state index in [0.29, 0.717) is 0 Å². The first-order valence-corrected chi connectivity index (χ1v) is 7.32. The van der Waals surface area contributed by atoms with Crippen molar-refractivity contribution in [3.63, 3.8) is 0 Å². The molecule has 2 nitrogen and oxygen atoms in total. The number of hydrogen-bond donors (Lipinski definition) is 1. The molecule has 0 unspecified atom stereocenters. The van der Waals surface area contributed by atoms with Crippen molar-refractivity contribution in [3.05, 3.63) is 29.3 Å². The van der Waals surface area contributed by atoms with Crippen molar-refractivity contribution in [2.45, 2.75) is 31.7 Å². The van der Waals surface area contributed by atoms with Crippen LogP contribution in [0.15, 0.2) is 24.3 Å². The molecule has 2 aliphatic rings. The maximum Gasteiger partial charge on any atom is 0.119 e. The van der Waals surface area contributed by atoms with Gasteiger partial charge in [0.15, 0.2) is 0 Å². The smallest absolute Gasteiger partial charge is 0.119 e. The largest absolute Gasteiger partial charge is 0.492 e. The van der Waals surface area contributed by atoms with Gasteiger partial charge in [-0.05, 0) is 61.8 Å².